The Balaban J connectivity index is 1.77. The van der Waals surface area contributed by atoms with E-state index in [4.69, 9.17) is 17.0 Å². The van der Waals surface area contributed by atoms with Crippen LogP contribution in [0.25, 0.3) is 0 Å². The molecule has 1 aromatic rings. The smallest absolute Gasteiger partial charge is 0.387 e. The minimum absolute atomic E-state index is 0.0256. The van der Waals surface area contributed by atoms with Crippen molar-refractivity contribution in [3.05, 3.63) is 23.8 Å². The van der Waals surface area contributed by atoms with Gasteiger partial charge in [0.25, 0.3) is 11.8 Å². The number of carbonyl (C=O) groups is 2. The van der Waals surface area contributed by atoms with E-state index >= 15 is 0 Å². The van der Waals surface area contributed by atoms with Crippen molar-refractivity contribution in [1.82, 2.24) is 21.5 Å². The molecule has 4 N–H and O–H groups in total. The fraction of sp³-hybridized carbons (Fsp3) is 0.471. The number of amides is 2. The van der Waals surface area contributed by atoms with Gasteiger partial charge in [-0.2, -0.15) is 8.78 Å². The fourth-order valence-corrected chi connectivity index (χ4v) is 2.94. The second-order valence-corrected chi connectivity index (χ2v) is 6.46. The van der Waals surface area contributed by atoms with Gasteiger partial charge >= 0.3 is 6.61 Å². The van der Waals surface area contributed by atoms with Gasteiger partial charge in [-0.3, -0.25) is 20.4 Å². The maximum absolute atomic E-state index is 12.3. The minimum Gasteiger partial charge on any atom is -0.493 e. The molecule has 154 valence electrons. The van der Waals surface area contributed by atoms with E-state index in [1.165, 1.54) is 25.3 Å². The molecule has 1 aliphatic carbocycles. The number of rotatable bonds is 7. The highest BCUT2D eigenvalue weighted by Crippen LogP contribution is 2.29. The lowest BCUT2D eigenvalue weighted by molar-refractivity contribution is -0.120. The first kappa shape index (κ1) is 21.6. The van der Waals surface area contributed by atoms with E-state index in [1.54, 1.807) is 0 Å². The van der Waals surface area contributed by atoms with Gasteiger partial charge in [0.1, 0.15) is 0 Å². The first-order valence-corrected chi connectivity index (χ1v) is 9.06. The molecule has 0 radical (unpaired) electrons. The molecular formula is C17H22F2N4O4S. The molecule has 0 spiro atoms. The summed E-state index contributed by atoms with van der Waals surface area (Å²) in [5.74, 6) is -1.31. The van der Waals surface area contributed by atoms with Gasteiger partial charge in [0.05, 0.1) is 13.7 Å². The molecule has 11 heteroatoms. The Bertz CT molecular complexity index is 714. The van der Waals surface area contributed by atoms with E-state index < -0.39 is 18.4 Å². The van der Waals surface area contributed by atoms with Crippen LogP contribution in [0.3, 0.4) is 0 Å². The van der Waals surface area contributed by atoms with E-state index in [0.29, 0.717) is 11.2 Å². The quantitative estimate of drug-likeness (QED) is 0.394. The maximum Gasteiger partial charge on any atom is 0.387 e. The van der Waals surface area contributed by atoms with E-state index in [2.05, 4.69) is 26.2 Å². The first-order valence-electron chi connectivity index (χ1n) is 8.65. The summed E-state index contributed by atoms with van der Waals surface area (Å²) in [6.07, 6.45) is 4.38. The number of methoxy groups -OCH3 is 1. The Morgan fingerprint density at radius 2 is 1.93 bits per heavy atom. The van der Waals surface area contributed by atoms with Gasteiger partial charge < -0.3 is 20.1 Å². The van der Waals surface area contributed by atoms with E-state index in [9.17, 15) is 18.4 Å². The zero-order valence-electron chi connectivity index (χ0n) is 15.2. The lowest BCUT2D eigenvalue weighted by Gasteiger charge is -2.16. The van der Waals surface area contributed by atoms with Crippen LogP contribution in [0.15, 0.2) is 18.2 Å². The van der Waals surface area contributed by atoms with Crippen molar-refractivity contribution in [2.24, 2.45) is 0 Å². The summed E-state index contributed by atoms with van der Waals surface area (Å²) in [4.78, 5) is 23.9. The Hall–Kier alpha value is -2.69. The number of carbonyl (C=O) groups excluding carboxylic acids is 2. The van der Waals surface area contributed by atoms with Gasteiger partial charge in [0.15, 0.2) is 16.6 Å². The normalized spacial score (nSPS) is 13.7. The van der Waals surface area contributed by atoms with Gasteiger partial charge in [-0.15, -0.1) is 0 Å². The zero-order valence-corrected chi connectivity index (χ0v) is 16.0. The second-order valence-electron chi connectivity index (χ2n) is 6.05. The number of halogens is 2. The third-order valence-corrected chi connectivity index (χ3v) is 4.28. The van der Waals surface area contributed by atoms with Crippen LogP contribution in [0.5, 0.6) is 11.5 Å². The van der Waals surface area contributed by atoms with Crippen LogP contribution in [-0.2, 0) is 4.79 Å². The monoisotopic (exact) mass is 416 g/mol. The number of hydrogen-bond donors (Lipinski definition) is 4. The molecule has 2 amide bonds. The largest absolute Gasteiger partial charge is 0.493 e. The molecule has 2 rings (SSSR count). The van der Waals surface area contributed by atoms with Crippen molar-refractivity contribution in [1.29, 1.82) is 0 Å². The molecular weight excluding hydrogens is 394 g/mol. The molecule has 1 aliphatic rings. The Labute approximate surface area is 166 Å². The number of nitrogens with one attached hydrogen (secondary N) is 4. The SMILES string of the molecule is COc1cc(C(=O)NCC(=O)NNC(=S)NC2CCCC2)ccc1OC(F)F. The zero-order chi connectivity index (χ0) is 20.5. The average molecular weight is 416 g/mol. The predicted octanol–water partition coefficient (Wildman–Crippen LogP) is 1.46. The summed E-state index contributed by atoms with van der Waals surface area (Å²) >= 11 is 5.09. The van der Waals surface area contributed by atoms with Crippen molar-refractivity contribution in [3.8, 4) is 11.5 Å². The Kier molecular flexibility index (Phi) is 8.18. The van der Waals surface area contributed by atoms with Crippen LogP contribution in [0.2, 0.25) is 0 Å². The van der Waals surface area contributed by atoms with Crippen LogP contribution in [0, 0.1) is 0 Å². The highest BCUT2D eigenvalue weighted by Gasteiger charge is 2.16. The third-order valence-electron chi connectivity index (χ3n) is 4.06. The van der Waals surface area contributed by atoms with E-state index in [1.807, 2.05) is 0 Å². The van der Waals surface area contributed by atoms with Gasteiger partial charge in [0.2, 0.25) is 0 Å². The molecule has 0 heterocycles. The number of alkyl halides is 2. The van der Waals surface area contributed by atoms with Crippen LogP contribution < -0.4 is 31.0 Å². The molecule has 8 nitrogen and oxygen atoms in total. The van der Waals surface area contributed by atoms with Gasteiger partial charge in [-0.05, 0) is 43.3 Å². The molecule has 1 saturated carbocycles. The molecule has 1 aromatic carbocycles. The lowest BCUT2D eigenvalue weighted by Crippen LogP contribution is -2.51. The van der Waals surface area contributed by atoms with Crippen LogP contribution >= 0.6 is 12.2 Å². The van der Waals surface area contributed by atoms with Gasteiger partial charge in [-0.1, -0.05) is 12.8 Å². The van der Waals surface area contributed by atoms with Crippen LogP contribution in [-0.4, -0.2) is 43.2 Å². The maximum atomic E-state index is 12.3. The summed E-state index contributed by atoms with van der Waals surface area (Å²) in [6, 6.07) is 4.02. The molecule has 0 unspecified atom stereocenters. The van der Waals surface area contributed by atoms with E-state index in [-0.39, 0.29) is 23.6 Å². The Morgan fingerprint density at radius 3 is 2.57 bits per heavy atom. The summed E-state index contributed by atoms with van der Waals surface area (Å²) in [7, 11) is 1.26. The molecule has 28 heavy (non-hydrogen) atoms. The summed E-state index contributed by atoms with van der Waals surface area (Å²) in [5, 5.41) is 5.81. The minimum atomic E-state index is -3.01. The van der Waals surface area contributed by atoms with Crippen molar-refractivity contribution in [2.45, 2.75) is 38.3 Å². The molecule has 0 atom stereocenters. The summed E-state index contributed by atoms with van der Waals surface area (Å²) in [6.45, 7) is -3.32. The molecule has 0 saturated heterocycles. The molecule has 1 fully saturated rings. The molecule has 0 aliphatic heterocycles. The van der Waals surface area contributed by atoms with Crippen LogP contribution in [0.1, 0.15) is 36.0 Å². The highest BCUT2D eigenvalue weighted by molar-refractivity contribution is 7.80. The first-order chi connectivity index (χ1) is 13.4. The number of thiocarbonyl (C=S) groups is 1. The van der Waals surface area contributed by atoms with Crippen LogP contribution in [0.4, 0.5) is 8.78 Å². The molecule has 0 aromatic heterocycles. The highest BCUT2D eigenvalue weighted by atomic mass is 32.1. The number of hydrazine groups is 1. The predicted molar refractivity (Wildman–Crippen MR) is 101 cm³/mol. The second kappa shape index (κ2) is 10.6. The van der Waals surface area contributed by atoms with E-state index in [0.717, 1.165) is 25.7 Å². The number of benzene rings is 1. The summed E-state index contributed by atoms with van der Waals surface area (Å²) in [5.41, 5.74) is 5.08. The fourth-order valence-electron chi connectivity index (χ4n) is 2.73. The lowest BCUT2D eigenvalue weighted by atomic mass is 10.2. The van der Waals surface area contributed by atoms with Crippen molar-refractivity contribution in [2.75, 3.05) is 13.7 Å². The van der Waals surface area contributed by atoms with Crippen molar-refractivity contribution < 1.29 is 27.8 Å². The average Bonchev–Trinajstić information content (AvgIpc) is 3.17. The van der Waals surface area contributed by atoms with Gasteiger partial charge in [-0.25, -0.2) is 0 Å². The number of ether oxygens (including phenoxy) is 2. The molecule has 0 bridgehead atoms. The number of hydrogen-bond acceptors (Lipinski definition) is 5. The standard InChI is InChI=1S/C17H22F2N4O4S/c1-26-13-8-10(6-7-12(13)27-16(18)19)15(25)20-9-14(24)22-23-17(28)21-11-4-2-3-5-11/h6-8,11,16H,2-5,9H2,1H3,(H,20,25)(H,22,24)(H2,21,23,28). The third kappa shape index (κ3) is 6.80. The van der Waals surface area contributed by atoms with Gasteiger partial charge in [0, 0.05) is 11.6 Å². The van der Waals surface area contributed by atoms with Crippen molar-refractivity contribution in [3.63, 3.8) is 0 Å². The summed E-state index contributed by atoms with van der Waals surface area (Å²) < 4.78 is 33.9. The van der Waals surface area contributed by atoms with Crippen molar-refractivity contribution >= 4 is 29.1 Å². The topological polar surface area (TPSA) is 101 Å². The Morgan fingerprint density at radius 1 is 1.21 bits per heavy atom.